The summed E-state index contributed by atoms with van der Waals surface area (Å²) in [5.41, 5.74) is -0.157. The largest absolute Gasteiger partial charge is 0.468 e. The lowest BCUT2D eigenvalue weighted by atomic mass is 9.55. The Kier molecular flexibility index (Phi) is 9.23. The van der Waals surface area contributed by atoms with Crippen LogP contribution in [0.5, 0.6) is 0 Å². The number of benzene rings is 2. The van der Waals surface area contributed by atoms with E-state index in [-0.39, 0.29) is 16.5 Å². The number of rotatable bonds is 9. The van der Waals surface area contributed by atoms with Crippen molar-refractivity contribution in [1.29, 1.82) is 0 Å². The fraction of sp³-hybridized carbons (Fsp3) is 0.529. The van der Waals surface area contributed by atoms with E-state index in [1.165, 1.54) is 13.2 Å². The zero-order valence-corrected chi connectivity index (χ0v) is 25.9. The van der Waals surface area contributed by atoms with Gasteiger partial charge in [0.1, 0.15) is 17.3 Å². The Morgan fingerprint density at radius 3 is 2.52 bits per heavy atom. The Hall–Kier alpha value is -2.59. The predicted molar refractivity (Wildman–Crippen MR) is 166 cm³/mol. The van der Waals surface area contributed by atoms with E-state index in [1.54, 1.807) is 18.2 Å². The zero-order valence-electron chi connectivity index (χ0n) is 24.4. The van der Waals surface area contributed by atoms with Crippen LogP contribution in [0.4, 0.5) is 10.1 Å². The topological polar surface area (TPSA) is 49.9 Å². The van der Waals surface area contributed by atoms with Gasteiger partial charge in [0.05, 0.1) is 12.1 Å². The van der Waals surface area contributed by atoms with E-state index < -0.39 is 34.7 Å². The fourth-order valence-corrected chi connectivity index (χ4v) is 8.60. The summed E-state index contributed by atoms with van der Waals surface area (Å²) in [6.45, 7) is 0.510. The van der Waals surface area contributed by atoms with Crippen molar-refractivity contribution in [1.82, 2.24) is 4.90 Å². The van der Waals surface area contributed by atoms with Crippen LogP contribution in [-0.4, -0.2) is 49.1 Å². The monoisotopic (exact) mass is 612 g/mol. The van der Waals surface area contributed by atoms with Crippen LogP contribution >= 0.6 is 23.2 Å². The average Bonchev–Trinajstić information content (AvgIpc) is 3.35. The standard InChI is InChI=1S/C34H39Cl2FN2O3/c1-4-5-6-7-8-9-13-21-39-27-22-23(35)17-18-25(27)34(32(39)41)28(24-15-14-16-26(36)29(24)37)30(31(40)42-3)38(2)33(34)19-11-10-12-20-33/h1,14-18,22,28,30H,5-13,19-21H2,2-3H3/t28-,30+,34+/m0/s1. The number of carbonyl (C=O) groups is 2. The molecule has 5 nitrogen and oxygen atoms in total. The zero-order chi connectivity index (χ0) is 30.1. The van der Waals surface area contributed by atoms with Gasteiger partial charge < -0.3 is 9.64 Å². The van der Waals surface area contributed by atoms with Gasteiger partial charge in [0.15, 0.2) is 0 Å². The second-order valence-electron chi connectivity index (χ2n) is 11.9. The third kappa shape index (κ3) is 4.73. The van der Waals surface area contributed by atoms with Crippen LogP contribution in [0.1, 0.15) is 87.7 Å². The molecule has 1 aliphatic carbocycles. The number of esters is 1. The van der Waals surface area contributed by atoms with Crippen molar-refractivity contribution in [2.45, 2.75) is 93.5 Å². The smallest absolute Gasteiger partial charge is 0.323 e. The van der Waals surface area contributed by atoms with Gasteiger partial charge in [-0.05, 0) is 62.1 Å². The summed E-state index contributed by atoms with van der Waals surface area (Å²) in [5.74, 6) is 0.642. The molecular weight excluding hydrogens is 574 g/mol. The summed E-state index contributed by atoms with van der Waals surface area (Å²) in [6.07, 6.45) is 15.3. The van der Waals surface area contributed by atoms with Gasteiger partial charge in [-0.1, -0.05) is 79.9 Å². The maximum atomic E-state index is 16.1. The van der Waals surface area contributed by atoms with Crippen LogP contribution in [0.25, 0.3) is 0 Å². The van der Waals surface area contributed by atoms with Gasteiger partial charge in [0.2, 0.25) is 5.91 Å². The van der Waals surface area contributed by atoms with E-state index in [4.69, 9.17) is 34.4 Å². The Bertz CT molecular complexity index is 1390. The number of amides is 1. The number of fused-ring (bicyclic) bond motifs is 3. The van der Waals surface area contributed by atoms with Crippen molar-refractivity contribution in [2.24, 2.45) is 0 Å². The highest BCUT2D eigenvalue weighted by Gasteiger charge is 2.76. The molecule has 2 aromatic carbocycles. The minimum absolute atomic E-state index is 0.0398. The number of anilines is 1. The number of ether oxygens (including phenoxy) is 1. The molecular formula is C34H39Cl2FN2O3. The van der Waals surface area contributed by atoms with Gasteiger partial charge in [-0.15, -0.1) is 12.3 Å². The highest BCUT2D eigenvalue weighted by molar-refractivity contribution is 6.31. The summed E-state index contributed by atoms with van der Waals surface area (Å²) in [4.78, 5) is 32.8. The molecule has 2 fully saturated rings. The number of carbonyl (C=O) groups excluding carboxylic acids is 2. The van der Waals surface area contributed by atoms with Gasteiger partial charge in [-0.25, -0.2) is 4.39 Å². The van der Waals surface area contributed by atoms with Crippen LogP contribution in [0, 0.1) is 18.2 Å². The van der Waals surface area contributed by atoms with Crippen LogP contribution < -0.4 is 4.90 Å². The minimum Gasteiger partial charge on any atom is -0.468 e. The Labute approximate surface area is 258 Å². The van der Waals surface area contributed by atoms with Gasteiger partial charge in [0.25, 0.3) is 0 Å². The van der Waals surface area contributed by atoms with Gasteiger partial charge in [-0.3, -0.25) is 14.5 Å². The third-order valence-electron chi connectivity index (χ3n) is 10.0. The van der Waals surface area contributed by atoms with E-state index in [0.29, 0.717) is 24.4 Å². The van der Waals surface area contributed by atoms with Crippen LogP contribution in [0.15, 0.2) is 36.4 Å². The lowest BCUT2D eigenvalue weighted by Gasteiger charge is -2.50. The molecule has 1 amide bonds. The number of likely N-dealkylation sites (tertiary alicyclic amines) is 1. The maximum Gasteiger partial charge on any atom is 0.323 e. The third-order valence-corrected chi connectivity index (χ3v) is 10.5. The second-order valence-corrected chi connectivity index (χ2v) is 12.8. The minimum atomic E-state index is -1.24. The summed E-state index contributed by atoms with van der Waals surface area (Å²) in [5, 5.41) is 0.485. The summed E-state index contributed by atoms with van der Waals surface area (Å²) < 4.78 is 21.5. The average molecular weight is 614 g/mol. The molecule has 0 aromatic heterocycles. The molecule has 0 bridgehead atoms. The molecule has 0 radical (unpaired) electrons. The highest BCUT2D eigenvalue weighted by atomic mass is 35.5. The molecule has 5 rings (SSSR count). The van der Waals surface area contributed by atoms with Crippen molar-refractivity contribution in [3.05, 3.63) is 63.4 Å². The Balaban J connectivity index is 1.69. The number of halogens is 3. The van der Waals surface area contributed by atoms with Crippen molar-refractivity contribution in [3.63, 3.8) is 0 Å². The van der Waals surface area contributed by atoms with E-state index >= 15 is 9.18 Å². The van der Waals surface area contributed by atoms with Crippen molar-refractivity contribution < 1.29 is 18.7 Å². The quantitative estimate of drug-likeness (QED) is 0.166. The lowest BCUT2D eigenvalue weighted by Crippen LogP contribution is -2.61. The van der Waals surface area contributed by atoms with E-state index in [1.807, 2.05) is 29.0 Å². The van der Waals surface area contributed by atoms with E-state index in [2.05, 4.69) is 5.92 Å². The maximum absolute atomic E-state index is 16.1. The first-order valence-corrected chi connectivity index (χ1v) is 15.8. The van der Waals surface area contributed by atoms with Crippen LogP contribution in [0.2, 0.25) is 10.0 Å². The number of hydrogen-bond acceptors (Lipinski definition) is 4. The normalized spacial score (nSPS) is 24.8. The van der Waals surface area contributed by atoms with Crippen LogP contribution in [-0.2, 0) is 19.7 Å². The lowest BCUT2D eigenvalue weighted by molar-refractivity contribution is -0.147. The molecule has 0 N–H and O–H groups in total. The first-order valence-electron chi connectivity index (χ1n) is 15.1. The molecule has 0 unspecified atom stereocenters. The molecule has 3 aliphatic rings. The molecule has 2 spiro atoms. The van der Waals surface area contributed by atoms with Gasteiger partial charge >= 0.3 is 5.97 Å². The molecule has 3 atom stereocenters. The summed E-state index contributed by atoms with van der Waals surface area (Å²) in [7, 11) is 3.25. The Morgan fingerprint density at radius 1 is 1.10 bits per heavy atom. The van der Waals surface area contributed by atoms with Crippen molar-refractivity contribution >= 4 is 40.8 Å². The molecule has 1 saturated heterocycles. The van der Waals surface area contributed by atoms with E-state index in [0.717, 1.165) is 69.0 Å². The molecule has 42 heavy (non-hydrogen) atoms. The fourth-order valence-electron chi connectivity index (χ4n) is 8.26. The number of likely N-dealkylation sites (N-methyl/N-ethyl adjacent to an activating group) is 1. The molecule has 1 saturated carbocycles. The number of terminal acetylenes is 1. The van der Waals surface area contributed by atoms with E-state index in [9.17, 15) is 4.79 Å². The number of methoxy groups -OCH3 is 1. The molecule has 2 aromatic rings. The Morgan fingerprint density at radius 2 is 1.81 bits per heavy atom. The SMILES string of the molecule is C#CCCCCCCCN1C(=O)[C@@]2(c3ccc(Cl)cc31)[C@@H](c1cccc(Cl)c1F)[C@H](C(=O)OC)N(C)C21CCCCC1. The second kappa shape index (κ2) is 12.6. The highest BCUT2D eigenvalue weighted by Crippen LogP contribution is 2.67. The number of unbranched alkanes of at least 4 members (excludes halogenated alkanes) is 5. The molecule has 8 heteroatoms. The summed E-state index contributed by atoms with van der Waals surface area (Å²) >= 11 is 12.9. The molecule has 2 heterocycles. The predicted octanol–water partition coefficient (Wildman–Crippen LogP) is 7.66. The van der Waals surface area contributed by atoms with Crippen molar-refractivity contribution in [2.75, 3.05) is 25.6 Å². The summed E-state index contributed by atoms with van der Waals surface area (Å²) in [6, 6.07) is 9.55. The van der Waals surface area contributed by atoms with Crippen molar-refractivity contribution in [3.8, 4) is 12.3 Å². The molecule has 224 valence electrons. The van der Waals surface area contributed by atoms with Gasteiger partial charge in [-0.2, -0.15) is 0 Å². The van der Waals surface area contributed by atoms with Gasteiger partial charge in [0, 0.05) is 35.1 Å². The number of nitrogens with zero attached hydrogens (tertiary/aromatic N) is 2. The molecule has 2 aliphatic heterocycles. The van der Waals surface area contributed by atoms with Crippen LogP contribution in [0.3, 0.4) is 0 Å². The first-order chi connectivity index (χ1) is 20.3. The number of hydrogen-bond donors (Lipinski definition) is 0. The first kappa shape index (κ1) is 30.9.